The second kappa shape index (κ2) is 6.92. The highest BCUT2D eigenvalue weighted by Gasteiger charge is 2.35. The van der Waals surface area contributed by atoms with Crippen molar-refractivity contribution in [2.24, 2.45) is 7.05 Å². The highest BCUT2D eigenvalue weighted by atomic mass is 32.2. The number of aromatic nitrogens is 2. The van der Waals surface area contributed by atoms with Crippen LogP contribution in [0.5, 0.6) is 0 Å². The summed E-state index contributed by atoms with van der Waals surface area (Å²) in [6.45, 7) is 4.93. The maximum Gasteiger partial charge on any atom is 0.154 e. The van der Waals surface area contributed by atoms with Crippen LogP contribution in [0.2, 0.25) is 0 Å². The van der Waals surface area contributed by atoms with Crippen LogP contribution in [0.3, 0.4) is 0 Å². The Labute approximate surface area is 128 Å². The molecule has 2 rings (SSSR count). The molecule has 2 heterocycles. The molecule has 0 amide bonds. The van der Waals surface area contributed by atoms with E-state index in [0.717, 1.165) is 50.0 Å². The first-order chi connectivity index (χ1) is 9.94. The Hall–Kier alpha value is -0.880. The van der Waals surface area contributed by atoms with E-state index < -0.39 is 9.84 Å². The lowest BCUT2D eigenvalue weighted by Crippen LogP contribution is -2.48. The molecule has 0 radical (unpaired) electrons. The van der Waals surface area contributed by atoms with E-state index in [1.54, 1.807) is 0 Å². The highest BCUT2D eigenvalue weighted by molar-refractivity contribution is 7.92. The molecule has 1 aromatic rings. The van der Waals surface area contributed by atoms with Crippen molar-refractivity contribution in [1.29, 1.82) is 0 Å². The van der Waals surface area contributed by atoms with E-state index in [1.165, 1.54) is 0 Å². The van der Waals surface area contributed by atoms with Crippen LogP contribution in [0, 0.1) is 6.92 Å². The zero-order valence-electron chi connectivity index (χ0n) is 13.3. The number of sulfone groups is 1. The third-order valence-corrected chi connectivity index (χ3v) is 6.61. The topological polar surface area (TPSA) is 64.0 Å². The Kier molecular flexibility index (Phi) is 5.43. The minimum Gasteiger partial charge on any atom is -0.312 e. The Morgan fingerprint density at radius 3 is 2.81 bits per heavy atom. The van der Waals surface area contributed by atoms with Gasteiger partial charge in [-0.3, -0.25) is 4.68 Å². The van der Waals surface area contributed by atoms with Crippen LogP contribution in [-0.4, -0.2) is 41.8 Å². The number of rotatable bonds is 6. The zero-order chi connectivity index (χ0) is 15.5. The van der Waals surface area contributed by atoms with Gasteiger partial charge in [0.25, 0.3) is 0 Å². The van der Waals surface area contributed by atoms with Gasteiger partial charge in [0, 0.05) is 25.2 Å². The molecule has 0 bridgehead atoms. The monoisotopic (exact) mass is 313 g/mol. The highest BCUT2D eigenvalue weighted by Crippen LogP contribution is 2.24. The van der Waals surface area contributed by atoms with Gasteiger partial charge >= 0.3 is 0 Å². The largest absolute Gasteiger partial charge is 0.312 e. The van der Waals surface area contributed by atoms with Crippen molar-refractivity contribution in [3.05, 3.63) is 17.5 Å². The molecule has 120 valence electrons. The molecule has 0 aliphatic carbocycles. The van der Waals surface area contributed by atoms with Crippen molar-refractivity contribution in [3.63, 3.8) is 0 Å². The predicted octanol–water partition coefficient (Wildman–Crippen LogP) is 1.61. The molecule has 2 atom stereocenters. The van der Waals surface area contributed by atoms with E-state index in [1.807, 2.05) is 18.7 Å². The minimum atomic E-state index is -2.97. The fraction of sp³-hybridized carbons (Fsp3) is 0.800. The molecule has 21 heavy (non-hydrogen) atoms. The molecule has 1 aliphatic heterocycles. The predicted molar refractivity (Wildman–Crippen MR) is 85.2 cm³/mol. The first-order valence-corrected chi connectivity index (χ1v) is 9.60. The number of aryl methyl sites for hydroxylation is 2. The third kappa shape index (κ3) is 4.07. The summed E-state index contributed by atoms with van der Waals surface area (Å²) in [5.74, 6) is 0.340. The van der Waals surface area contributed by atoms with Gasteiger partial charge in [-0.25, -0.2) is 8.42 Å². The molecule has 2 unspecified atom stereocenters. The SMILES string of the molecule is CCCNC(Cc1cc(C)nn1C)C1CCCCS1(=O)=O. The molecule has 6 heteroatoms. The molecule has 1 aliphatic rings. The molecular weight excluding hydrogens is 286 g/mol. The Bertz CT molecular complexity index is 565. The lowest BCUT2D eigenvalue weighted by molar-refractivity contribution is 0.426. The van der Waals surface area contributed by atoms with Gasteiger partial charge in [0.15, 0.2) is 9.84 Å². The van der Waals surface area contributed by atoms with E-state index in [4.69, 9.17) is 0 Å². The van der Waals surface area contributed by atoms with Gasteiger partial charge < -0.3 is 5.32 Å². The molecule has 0 saturated carbocycles. The fourth-order valence-electron chi connectivity index (χ4n) is 3.18. The molecule has 1 saturated heterocycles. The molecule has 1 N–H and O–H groups in total. The van der Waals surface area contributed by atoms with Crippen molar-refractivity contribution >= 4 is 9.84 Å². The van der Waals surface area contributed by atoms with Crippen molar-refractivity contribution < 1.29 is 8.42 Å². The van der Waals surface area contributed by atoms with Crippen LogP contribution in [-0.2, 0) is 23.3 Å². The van der Waals surface area contributed by atoms with E-state index >= 15 is 0 Å². The van der Waals surface area contributed by atoms with Gasteiger partial charge in [-0.05, 0) is 38.8 Å². The summed E-state index contributed by atoms with van der Waals surface area (Å²) < 4.78 is 26.7. The number of hydrogen-bond donors (Lipinski definition) is 1. The Morgan fingerprint density at radius 1 is 1.48 bits per heavy atom. The first-order valence-electron chi connectivity index (χ1n) is 7.88. The molecular formula is C15H27N3O2S. The summed E-state index contributed by atoms with van der Waals surface area (Å²) in [5, 5.41) is 7.57. The van der Waals surface area contributed by atoms with Crippen LogP contribution in [0.1, 0.15) is 44.0 Å². The summed E-state index contributed by atoms with van der Waals surface area (Å²) in [6, 6.07) is 2.04. The normalized spacial score (nSPS) is 23.1. The summed E-state index contributed by atoms with van der Waals surface area (Å²) in [6.07, 6.45) is 4.33. The van der Waals surface area contributed by atoms with Crippen LogP contribution < -0.4 is 5.32 Å². The number of nitrogens with zero attached hydrogens (tertiary/aromatic N) is 2. The molecule has 5 nitrogen and oxygen atoms in total. The molecule has 1 aromatic heterocycles. The van der Waals surface area contributed by atoms with E-state index in [-0.39, 0.29) is 11.3 Å². The van der Waals surface area contributed by atoms with Crippen molar-refractivity contribution in [1.82, 2.24) is 15.1 Å². The first kappa shape index (κ1) is 16.5. The minimum absolute atomic E-state index is 0.00921. The average Bonchev–Trinajstić information content (AvgIpc) is 2.72. The Morgan fingerprint density at radius 2 is 2.24 bits per heavy atom. The second-order valence-electron chi connectivity index (χ2n) is 6.07. The number of nitrogens with one attached hydrogen (secondary N) is 1. The van der Waals surface area contributed by atoms with E-state index in [0.29, 0.717) is 5.75 Å². The van der Waals surface area contributed by atoms with Crippen molar-refractivity contribution in [3.8, 4) is 0 Å². The van der Waals surface area contributed by atoms with Crippen LogP contribution in [0.4, 0.5) is 0 Å². The van der Waals surface area contributed by atoms with Crippen LogP contribution >= 0.6 is 0 Å². The van der Waals surface area contributed by atoms with Gasteiger partial charge in [0.1, 0.15) is 0 Å². The lowest BCUT2D eigenvalue weighted by Gasteiger charge is -2.31. The second-order valence-corrected chi connectivity index (χ2v) is 8.41. The smallest absolute Gasteiger partial charge is 0.154 e. The molecule has 0 aromatic carbocycles. The third-order valence-electron chi connectivity index (χ3n) is 4.26. The molecule has 0 spiro atoms. The standard InChI is InChI=1S/C15H27N3O2S/c1-4-8-16-14(11-13-10-12(2)17-18(13)3)15-7-5-6-9-21(15,19)20/h10,14-16H,4-9,11H2,1-3H3. The zero-order valence-corrected chi connectivity index (χ0v) is 14.1. The maximum atomic E-state index is 12.4. The van der Waals surface area contributed by atoms with Crippen LogP contribution in [0.15, 0.2) is 6.07 Å². The summed E-state index contributed by atoms with van der Waals surface area (Å²) in [5.41, 5.74) is 2.08. The maximum absolute atomic E-state index is 12.4. The van der Waals surface area contributed by atoms with Gasteiger partial charge in [0.2, 0.25) is 0 Å². The van der Waals surface area contributed by atoms with Crippen molar-refractivity contribution in [2.45, 2.75) is 57.2 Å². The quantitative estimate of drug-likeness (QED) is 0.866. The van der Waals surface area contributed by atoms with Gasteiger partial charge in [-0.15, -0.1) is 0 Å². The fourth-order valence-corrected chi connectivity index (χ4v) is 5.30. The molecule has 1 fully saturated rings. The summed E-state index contributed by atoms with van der Waals surface area (Å²) in [4.78, 5) is 0. The van der Waals surface area contributed by atoms with Gasteiger partial charge in [-0.1, -0.05) is 13.3 Å². The van der Waals surface area contributed by atoms with E-state index in [9.17, 15) is 8.42 Å². The van der Waals surface area contributed by atoms with Gasteiger partial charge in [0.05, 0.1) is 16.7 Å². The van der Waals surface area contributed by atoms with Crippen LogP contribution in [0.25, 0.3) is 0 Å². The summed E-state index contributed by atoms with van der Waals surface area (Å²) in [7, 11) is -1.05. The number of hydrogen-bond acceptors (Lipinski definition) is 4. The lowest BCUT2D eigenvalue weighted by atomic mass is 10.0. The summed E-state index contributed by atoms with van der Waals surface area (Å²) >= 11 is 0. The average molecular weight is 313 g/mol. The van der Waals surface area contributed by atoms with Crippen molar-refractivity contribution in [2.75, 3.05) is 12.3 Å². The van der Waals surface area contributed by atoms with E-state index in [2.05, 4.69) is 23.4 Å². The Balaban J connectivity index is 2.19. The van der Waals surface area contributed by atoms with Gasteiger partial charge in [-0.2, -0.15) is 5.10 Å².